The maximum Gasteiger partial charge on any atom is 0.109 e. The van der Waals surface area contributed by atoms with Crippen LogP contribution < -0.4 is 0 Å². The van der Waals surface area contributed by atoms with Crippen molar-refractivity contribution in [3.63, 3.8) is 0 Å². The summed E-state index contributed by atoms with van der Waals surface area (Å²) in [6.07, 6.45) is 0. The van der Waals surface area contributed by atoms with E-state index in [2.05, 4.69) is 38.5 Å². The molecule has 0 amide bonds. The molecule has 0 bridgehead atoms. The van der Waals surface area contributed by atoms with Crippen LogP contribution >= 0.6 is 15.9 Å². The van der Waals surface area contributed by atoms with Gasteiger partial charge in [0.1, 0.15) is 13.2 Å². The van der Waals surface area contributed by atoms with E-state index in [0.717, 1.165) is 5.56 Å². The van der Waals surface area contributed by atoms with E-state index in [1.54, 1.807) is 0 Å². The van der Waals surface area contributed by atoms with E-state index >= 15 is 0 Å². The zero-order valence-electron chi connectivity index (χ0n) is 7.59. The molecule has 0 spiro atoms. The second-order valence-electron chi connectivity index (χ2n) is 2.43. The van der Waals surface area contributed by atoms with Crippen LogP contribution in [-0.4, -0.2) is 13.2 Å². The van der Waals surface area contributed by atoms with Gasteiger partial charge in [-0.1, -0.05) is 36.0 Å². The minimum atomic E-state index is 0.411. The smallest absolute Gasteiger partial charge is 0.109 e. The Kier molecular flexibility index (Phi) is 5.59. The van der Waals surface area contributed by atoms with Crippen LogP contribution in [0.25, 0.3) is 0 Å². The van der Waals surface area contributed by atoms with Crippen molar-refractivity contribution >= 4 is 15.9 Å². The standard InChI is InChI=1S/C12H9BrO/c13-9-5-11-14-10-4-8-12-6-2-1-3-7-12/h1-3,6-7H,10-11H2. The summed E-state index contributed by atoms with van der Waals surface area (Å²) in [6.45, 7) is 0.825. The summed E-state index contributed by atoms with van der Waals surface area (Å²) in [4.78, 5) is 2.57. The average molecular weight is 249 g/mol. The van der Waals surface area contributed by atoms with Gasteiger partial charge in [0.05, 0.1) is 0 Å². The van der Waals surface area contributed by atoms with Crippen molar-refractivity contribution in [3.05, 3.63) is 35.9 Å². The van der Waals surface area contributed by atoms with Crippen molar-refractivity contribution in [2.24, 2.45) is 0 Å². The molecule has 1 aromatic rings. The van der Waals surface area contributed by atoms with E-state index in [9.17, 15) is 0 Å². The molecule has 0 saturated carbocycles. The maximum atomic E-state index is 5.12. The Morgan fingerprint density at radius 3 is 2.50 bits per heavy atom. The first kappa shape index (κ1) is 10.9. The Hall–Kier alpha value is -1.22. The first-order valence-corrected chi connectivity index (χ1v) is 4.93. The Balaban J connectivity index is 2.30. The van der Waals surface area contributed by atoms with Crippen LogP contribution in [0.1, 0.15) is 5.56 Å². The largest absolute Gasteiger partial charge is 0.356 e. The van der Waals surface area contributed by atoms with Gasteiger partial charge in [-0.15, -0.1) is 0 Å². The summed E-state index contributed by atoms with van der Waals surface area (Å²) in [6, 6.07) is 9.81. The molecule has 1 nitrogen and oxygen atoms in total. The number of halogens is 1. The topological polar surface area (TPSA) is 9.23 Å². The number of hydrogen-bond acceptors (Lipinski definition) is 1. The van der Waals surface area contributed by atoms with Gasteiger partial charge >= 0.3 is 0 Å². The molecule has 0 saturated heterocycles. The fourth-order valence-corrected chi connectivity index (χ4v) is 0.954. The highest BCUT2D eigenvalue weighted by Gasteiger charge is 1.81. The van der Waals surface area contributed by atoms with E-state index < -0.39 is 0 Å². The van der Waals surface area contributed by atoms with Crippen molar-refractivity contribution in [1.29, 1.82) is 0 Å². The molecular weight excluding hydrogens is 240 g/mol. The summed E-state index contributed by atoms with van der Waals surface area (Å²) < 4.78 is 5.12. The summed E-state index contributed by atoms with van der Waals surface area (Å²) >= 11 is 2.98. The fraction of sp³-hybridized carbons (Fsp3) is 0.167. The molecule has 0 aliphatic rings. The van der Waals surface area contributed by atoms with Crippen LogP contribution in [0.2, 0.25) is 0 Å². The highest BCUT2D eigenvalue weighted by atomic mass is 79.9. The molecule has 1 aromatic carbocycles. The molecule has 0 heterocycles. The summed E-state index contributed by atoms with van der Waals surface area (Å²) in [5, 5.41) is 0. The van der Waals surface area contributed by atoms with Crippen molar-refractivity contribution < 1.29 is 4.74 Å². The van der Waals surface area contributed by atoms with Gasteiger partial charge < -0.3 is 4.74 Å². The van der Waals surface area contributed by atoms with Crippen LogP contribution in [0, 0.1) is 22.6 Å². The Morgan fingerprint density at radius 1 is 1.07 bits per heavy atom. The zero-order valence-corrected chi connectivity index (χ0v) is 9.17. The third-order valence-electron chi connectivity index (χ3n) is 1.42. The van der Waals surface area contributed by atoms with Crippen LogP contribution in [0.5, 0.6) is 0 Å². The van der Waals surface area contributed by atoms with Gasteiger partial charge in [-0.2, -0.15) is 0 Å². The van der Waals surface area contributed by atoms with Gasteiger partial charge in [0.15, 0.2) is 0 Å². The van der Waals surface area contributed by atoms with Crippen LogP contribution in [0.3, 0.4) is 0 Å². The van der Waals surface area contributed by atoms with Crippen molar-refractivity contribution in [2.75, 3.05) is 13.2 Å². The zero-order chi connectivity index (χ0) is 10.1. The molecule has 2 heteroatoms. The van der Waals surface area contributed by atoms with E-state index in [1.807, 2.05) is 30.3 Å². The van der Waals surface area contributed by atoms with Crippen molar-refractivity contribution in [3.8, 4) is 22.6 Å². The van der Waals surface area contributed by atoms with Gasteiger partial charge in [0.25, 0.3) is 0 Å². The predicted octanol–water partition coefficient (Wildman–Crippen LogP) is 2.41. The number of benzene rings is 1. The lowest BCUT2D eigenvalue weighted by Gasteiger charge is -1.89. The molecule has 0 aliphatic carbocycles. The molecule has 0 unspecified atom stereocenters. The molecular formula is C12H9BrO. The third kappa shape index (κ3) is 4.72. The van der Waals surface area contributed by atoms with Gasteiger partial charge in [-0.05, 0) is 17.0 Å². The van der Waals surface area contributed by atoms with Gasteiger partial charge in [0.2, 0.25) is 0 Å². The van der Waals surface area contributed by atoms with Gasteiger partial charge in [-0.3, -0.25) is 0 Å². The highest BCUT2D eigenvalue weighted by molar-refractivity contribution is 9.12. The van der Waals surface area contributed by atoms with Gasteiger partial charge in [-0.25, -0.2) is 0 Å². The Morgan fingerprint density at radius 2 is 1.79 bits per heavy atom. The molecule has 0 aliphatic heterocycles. The van der Waals surface area contributed by atoms with E-state index in [0.29, 0.717) is 13.2 Å². The van der Waals surface area contributed by atoms with Crippen LogP contribution in [-0.2, 0) is 4.74 Å². The minimum absolute atomic E-state index is 0.411. The lowest BCUT2D eigenvalue weighted by atomic mass is 10.2. The normalized spacial score (nSPS) is 8.07. The predicted molar refractivity (Wildman–Crippen MR) is 60.8 cm³/mol. The van der Waals surface area contributed by atoms with Crippen LogP contribution in [0.15, 0.2) is 30.3 Å². The lowest BCUT2D eigenvalue weighted by molar-refractivity contribution is 0.205. The summed E-state index contributed by atoms with van der Waals surface area (Å²) in [7, 11) is 0. The summed E-state index contributed by atoms with van der Waals surface area (Å²) in [5.74, 6) is 8.62. The molecule has 0 atom stereocenters. The minimum Gasteiger partial charge on any atom is -0.356 e. The molecule has 70 valence electrons. The van der Waals surface area contributed by atoms with E-state index in [1.165, 1.54) is 0 Å². The van der Waals surface area contributed by atoms with Crippen molar-refractivity contribution in [2.45, 2.75) is 0 Å². The first-order valence-electron chi connectivity index (χ1n) is 4.13. The molecule has 0 N–H and O–H groups in total. The number of hydrogen-bond donors (Lipinski definition) is 0. The SMILES string of the molecule is BrC#CCOCC#Cc1ccccc1. The van der Waals surface area contributed by atoms with Crippen molar-refractivity contribution in [1.82, 2.24) is 0 Å². The maximum absolute atomic E-state index is 5.12. The first-order chi connectivity index (χ1) is 6.93. The molecule has 14 heavy (non-hydrogen) atoms. The monoisotopic (exact) mass is 248 g/mol. The average Bonchev–Trinajstić information content (AvgIpc) is 2.25. The molecule has 0 fully saturated rings. The Labute approximate surface area is 92.6 Å². The van der Waals surface area contributed by atoms with Crippen LogP contribution in [0.4, 0.5) is 0 Å². The second-order valence-corrected chi connectivity index (χ2v) is 2.83. The molecule has 0 aromatic heterocycles. The second kappa shape index (κ2) is 7.21. The van der Waals surface area contributed by atoms with E-state index in [4.69, 9.17) is 4.74 Å². The number of ether oxygens (including phenoxy) is 1. The summed E-state index contributed by atoms with van der Waals surface area (Å²) in [5.41, 5.74) is 1.00. The lowest BCUT2D eigenvalue weighted by Crippen LogP contribution is -1.90. The quantitative estimate of drug-likeness (QED) is 0.577. The molecule has 1 rings (SSSR count). The third-order valence-corrected chi connectivity index (χ3v) is 1.70. The fourth-order valence-electron chi connectivity index (χ4n) is 0.840. The van der Waals surface area contributed by atoms with E-state index in [-0.39, 0.29) is 0 Å². The highest BCUT2D eigenvalue weighted by Crippen LogP contribution is 1.94. The Bertz CT molecular complexity index is 376. The van der Waals surface area contributed by atoms with Gasteiger partial charge in [0, 0.05) is 21.5 Å². The number of rotatable bonds is 2. The molecule has 0 radical (unpaired) electrons.